The Kier molecular flexibility index (Phi) is 4.82. The Balaban J connectivity index is 1.49. The molecule has 4 nitrogen and oxygen atoms in total. The molecule has 0 bridgehead atoms. The van der Waals surface area contributed by atoms with Crippen LogP contribution in [0.25, 0.3) is 10.2 Å². The largest absolute Gasteiger partial charge is 0.345 e. The summed E-state index contributed by atoms with van der Waals surface area (Å²) in [4.78, 5) is 21.8. The van der Waals surface area contributed by atoms with Crippen LogP contribution in [0.5, 0.6) is 0 Å². The van der Waals surface area contributed by atoms with Gasteiger partial charge in [-0.25, -0.2) is 4.98 Å². The van der Waals surface area contributed by atoms with E-state index in [4.69, 9.17) is 16.6 Å². The van der Waals surface area contributed by atoms with Gasteiger partial charge in [-0.2, -0.15) is 0 Å². The molecule has 27 heavy (non-hydrogen) atoms. The predicted molar refractivity (Wildman–Crippen MR) is 113 cm³/mol. The van der Waals surface area contributed by atoms with Crippen molar-refractivity contribution in [3.63, 3.8) is 0 Å². The van der Waals surface area contributed by atoms with Crippen molar-refractivity contribution in [3.8, 4) is 0 Å². The average Bonchev–Trinajstić information content (AvgIpc) is 3.13. The van der Waals surface area contributed by atoms with E-state index in [0.717, 1.165) is 50.2 Å². The highest BCUT2D eigenvalue weighted by Crippen LogP contribution is 2.35. The zero-order valence-corrected chi connectivity index (χ0v) is 17.3. The van der Waals surface area contributed by atoms with Crippen LogP contribution in [0, 0.1) is 20.8 Å². The molecule has 1 aromatic heterocycles. The lowest BCUT2D eigenvalue weighted by molar-refractivity contribution is 0.0746. The fraction of sp³-hybridized carbons (Fsp3) is 0.333. The van der Waals surface area contributed by atoms with Crippen molar-refractivity contribution in [3.05, 3.63) is 57.6 Å². The molecule has 4 rings (SSSR count). The Morgan fingerprint density at radius 2 is 1.70 bits per heavy atom. The fourth-order valence-electron chi connectivity index (χ4n) is 3.38. The summed E-state index contributed by atoms with van der Waals surface area (Å²) in [5.41, 5.74) is 5.26. The second-order valence-corrected chi connectivity index (χ2v) is 8.50. The molecule has 140 valence electrons. The number of aromatic nitrogens is 1. The van der Waals surface area contributed by atoms with Crippen molar-refractivity contribution in [2.45, 2.75) is 20.8 Å². The number of carbonyl (C=O) groups is 1. The van der Waals surface area contributed by atoms with Crippen LogP contribution in [0.15, 0.2) is 30.3 Å². The molecule has 3 aromatic rings. The van der Waals surface area contributed by atoms with Gasteiger partial charge in [-0.1, -0.05) is 35.1 Å². The Morgan fingerprint density at radius 1 is 1.00 bits per heavy atom. The van der Waals surface area contributed by atoms with E-state index in [1.807, 2.05) is 42.2 Å². The molecule has 0 saturated carbocycles. The highest BCUT2D eigenvalue weighted by Gasteiger charge is 2.24. The van der Waals surface area contributed by atoms with Crippen molar-refractivity contribution in [2.24, 2.45) is 0 Å². The molecule has 6 heteroatoms. The van der Waals surface area contributed by atoms with Crippen LogP contribution in [0.2, 0.25) is 5.02 Å². The smallest absolute Gasteiger partial charge is 0.253 e. The van der Waals surface area contributed by atoms with E-state index in [0.29, 0.717) is 13.1 Å². The molecule has 1 fully saturated rings. The van der Waals surface area contributed by atoms with Gasteiger partial charge in [0.25, 0.3) is 5.91 Å². The first-order valence-corrected chi connectivity index (χ1v) is 10.3. The SMILES string of the molecule is Cc1ccc(C(=O)N2CCN(c3nc4c(C)ccc(Cl)c4s3)CC2)cc1C. The first kappa shape index (κ1) is 18.3. The van der Waals surface area contributed by atoms with Gasteiger partial charge in [0.1, 0.15) is 0 Å². The zero-order chi connectivity index (χ0) is 19.1. The van der Waals surface area contributed by atoms with Gasteiger partial charge in [0.15, 0.2) is 5.13 Å². The van der Waals surface area contributed by atoms with Crippen LogP contribution in [-0.4, -0.2) is 42.0 Å². The summed E-state index contributed by atoms with van der Waals surface area (Å²) in [5.74, 6) is 0.112. The van der Waals surface area contributed by atoms with Crippen molar-refractivity contribution in [1.29, 1.82) is 0 Å². The Labute approximate surface area is 168 Å². The van der Waals surface area contributed by atoms with Crippen molar-refractivity contribution in [1.82, 2.24) is 9.88 Å². The number of thiazole rings is 1. The molecule has 2 heterocycles. The molecule has 0 N–H and O–H groups in total. The van der Waals surface area contributed by atoms with Crippen molar-refractivity contribution in [2.75, 3.05) is 31.1 Å². The average molecular weight is 400 g/mol. The fourth-order valence-corrected chi connectivity index (χ4v) is 4.75. The summed E-state index contributed by atoms with van der Waals surface area (Å²) in [6.45, 7) is 9.14. The Hall–Kier alpha value is -2.11. The monoisotopic (exact) mass is 399 g/mol. The van der Waals surface area contributed by atoms with E-state index in [-0.39, 0.29) is 5.91 Å². The lowest BCUT2D eigenvalue weighted by Gasteiger charge is -2.34. The van der Waals surface area contributed by atoms with Gasteiger partial charge in [-0.15, -0.1) is 0 Å². The molecule has 1 amide bonds. The topological polar surface area (TPSA) is 36.4 Å². The molecule has 0 spiro atoms. The molecule has 1 aliphatic rings. The molecular weight excluding hydrogens is 378 g/mol. The Bertz CT molecular complexity index is 983. The summed E-state index contributed by atoms with van der Waals surface area (Å²) >= 11 is 7.97. The molecule has 0 atom stereocenters. The predicted octanol–water partition coefficient (Wildman–Crippen LogP) is 4.84. The number of hydrogen-bond donors (Lipinski definition) is 0. The van der Waals surface area contributed by atoms with E-state index < -0.39 is 0 Å². The number of aryl methyl sites for hydroxylation is 3. The summed E-state index contributed by atoms with van der Waals surface area (Å²) in [6.07, 6.45) is 0. The molecule has 1 aliphatic heterocycles. The lowest BCUT2D eigenvalue weighted by atomic mass is 10.1. The lowest BCUT2D eigenvalue weighted by Crippen LogP contribution is -2.48. The van der Waals surface area contributed by atoms with E-state index in [9.17, 15) is 4.79 Å². The summed E-state index contributed by atoms with van der Waals surface area (Å²) in [7, 11) is 0. The van der Waals surface area contributed by atoms with Gasteiger partial charge < -0.3 is 9.80 Å². The molecule has 2 aromatic carbocycles. The van der Waals surface area contributed by atoms with Crippen LogP contribution < -0.4 is 4.90 Å². The summed E-state index contributed by atoms with van der Waals surface area (Å²) in [6, 6.07) is 9.87. The van der Waals surface area contributed by atoms with Crippen LogP contribution >= 0.6 is 22.9 Å². The quantitative estimate of drug-likeness (QED) is 0.618. The molecule has 0 aliphatic carbocycles. The normalized spacial score (nSPS) is 14.8. The van der Waals surface area contributed by atoms with Gasteiger partial charge in [0.05, 0.1) is 15.2 Å². The maximum Gasteiger partial charge on any atom is 0.253 e. The van der Waals surface area contributed by atoms with Crippen LogP contribution in [0.3, 0.4) is 0 Å². The number of fused-ring (bicyclic) bond motifs is 1. The molecule has 1 saturated heterocycles. The van der Waals surface area contributed by atoms with Gasteiger partial charge in [0.2, 0.25) is 0 Å². The Morgan fingerprint density at radius 3 is 2.37 bits per heavy atom. The minimum absolute atomic E-state index is 0.112. The van der Waals surface area contributed by atoms with Crippen LogP contribution in [0.4, 0.5) is 5.13 Å². The first-order valence-electron chi connectivity index (χ1n) is 9.11. The highest BCUT2D eigenvalue weighted by molar-refractivity contribution is 7.22. The second kappa shape index (κ2) is 7.13. The maximum atomic E-state index is 12.8. The minimum atomic E-state index is 0.112. The van der Waals surface area contributed by atoms with Gasteiger partial charge in [-0.3, -0.25) is 4.79 Å². The third-order valence-electron chi connectivity index (χ3n) is 5.28. The number of anilines is 1. The maximum absolute atomic E-state index is 12.8. The van der Waals surface area contributed by atoms with E-state index in [1.54, 1.807) is 11.3 Å². The molecule has 0 unspecified atom stereocenters. The van der Waals surface area contributed by atoms with Gasteiger partial charge >= 0.3 is 0 Å². The minimum Gasteiger partial charge on any atom is -0.345 e. The summed E-state index contributed by atoms with van der Waals surface area (Å²) in [5, 5.41) is 1.74. The number of amides is 1. The van der Waals surface area contributed by atoms with E-state index >= 15 is 0 Å². The van der Waals surface area contributed by atoms with Crippen LogP contribution in [-0.2, 0) is 0 Å². The van der Waals surface area contributed by atoms with Gasteiger partial charge in [-0.05, 0) is 55.7 Å². The second-order valence-electron chi connectivity index (χ2n) is 7.12. The molecule has 0 radical (unpaired) electrons. The number of halogens is 1. The zero-order valence-electron chi connectivity index (χ0n) is 15.8. The number of piperazine rings is 1. The number of carbonyl (C=O) groups excluding carboxylic acids is 1. The number of hydrogen-bond acceptors (Lipinski definition) is 4. The van der Waals surface area contributed by atoms with Crippen molar-refractivity contribution >= 4 is 44.2 Å². The number of benzene rings is 2. The first-order chi connectivity index (χ1) is 12.9. The standard InChI is InChI=1S/C21H22ClN3OS/c1-13-4-6-16(12-15(13)3)20(26)24-8-10-25(11-9-24)21-23-18-14(2)5-7-17(22)19(18)27-21/h4-7,12H,8-11H2,1-3H3. The molecular formula is C21H22ClN3OS. The van der Waals surface area contributed by atoms with E-state index in [2.05, 4.69) is 18.7 Å². The van der Waals surface area contributed by atoms with Gasteiger partial charge in [0, 0.05) is 31.7 Å². The third kappa shape index (κ3) is 3.42. The number of rotatable bonds is 2. The summed E-state index contributed by atoms with van der Waals surface area (Å²) < 4.78 is 1.04. The van der Waals surface area contributed by atoms with E-state index in [1.165, 1.54) is 5.56 Å². The third-order valence-corrected chi connectivity index (χ3v) is 6.85. The van der Waals surface area contributed by atoms with Crippen LogP contribution in [0.1, 0.15) is 27.0 Å². The highest BCUT2D eigenvalue weighted by atomic mass is 35.5. The van der Waals surface area contributed by atoms with Crippen molar-refractivity contribution < 1.29 is 4.79 Å². The number of nitrogens with zero attached hydrogens (tertiary/aromatic N) is 3.